The summed E-state index contributed by atoms with van der Waals surface area (Å²) in [4.78, 5) is 0. The first kappa shape index (κ1) is 9.20. The predicted octanol–water partition coefficient (Wildman–Crippen LogP) is 0.358. The fourth-order valence-electron chi connectivity index (χ4n) is 0.481. The average molecular weight is 144 g/mol. The standard InChI is InChI=1S/C7H12O3/c1-2-6(9)5-7(10)3-4-8/h2,5,7-10H,1,3-4H2/b6-5+. The van der Waals surface area contributed by atoms with Crippen molar-refractivity contribution in [3.63, 3.8) is 0 Å². The molecule has 1 atom stereocenters. The average Bonchev–Trinajstić information content (AvgIpc) is 1.88. The van der Waals surface area contributed by atoms with Gasteiger partial charge in [0.2, 0.25) is 0 Å². The zero-order valence-corrected chi connectivity index (χ0v) is 5.70. The quantitative estimate of drug-likeness (QED) is 0.394. The van der Waals surface area contributed by atoms with Crippen LogP contribution in [0, 0.1) is 0 Å². The Labute approximate surface area is 59.9 Å². The van der Waals surface area contributed by atoms with Gasteiger partial charge >= 0.3 is 0 Å². The topological polar surface area (TPSA) is 60.7 Å². The van der Waals surface area contributed by atoms with E-state index in [9.17, 15) is 0 Å². The maximum Gasteiger partial charge on any atom is 0.113 e. The summed E-state index contributed by atoms with van der Waals surface area (Å²) in [5.41, 5.74) is 0. The van der Waals surface area contributed by atoms with E-state index in [1.807, 2.05) is 0 Å². The first-order valence-corrected chi connectivity index (χ1v) is 3.03. The van der Waals surface area contributed by atoms with E-state index in [2.05, 4.69) is 6.58 Å². The van der Waals surface area contributed by atoms with Crippen molar-refractivity contribution in [2.45, 2.75) is 12.5 Å². The van der Waals surface area contributed by atoms with Crippen LogP contribution >= 0.6 is 0 Å². The smallest absolute Gasteiger partial charge is 0.113 e. The van der Waals surface area contributed by atoms with E-state index in [1.54, 1.807) is 0 Å². The van der Waals surface area contributed by atoms with Crippen LogP contribution in [0.3, 0.4) is 0 Å². The van der Waals surface area contributed by atoms with Crippen LogP contribution in [-0.2, 0) is 0 Å². The molecule has 10 heavy (non-hydrogen) atoms. The molecule has 0 saturated carbocycles. The molecular weight excluding hydrogens is 132 g/mol. The van der Waals surface area contributed by atoms with E-state index < -0.39 is 6.10 Å². The molecule has 3 heteroatoms. The number of aliphatic hydroxyl groups is 3. The number of rotatable bonds is 4. The molecule has 0 fully saturated rings. The highest BCUT2D eigenvalue weighted by Crippen LogP contribution is 1.97. The van der Waals surface area contributed by atoms with Crippen LogP contribution in [0.5, 0.6) is 0 Å². The summed E-state index contributed by atoms with van der Waals surface area (Å²) >= 11 is 0. The number of hydrogen-bond donors (Lipinski definition) is 3. The summed E-state index contributed by atoms with van der Waals surface area (Å²) in [6.45, 7) is 3.19. The number of hydrogen-bond acceptors (Lipinski definition) is 3. The molecule has 1 unspecified atom stereocenters. The third kappa shape index (κ3) is 4.12. The Morgan fingerprint density at radius 2 is 2.20 bits per heavy atom. The largest absolute Gasteiger partial charge is 0.508 e. The van der Waals surface area contributed by atoms with Gasteiger partial charge in [0.05, 0.1) is 6.10 Å². The van der Waals surface area contributed by atoms with Gasteiger partial charge in [0, 0.05) is 13.0 Å². The van der Waals surface area contributed by atoms with Crippen LogP contribution in [0.15, 0.2) is 24.5 Å². The van der Waals surface area contributed by atoms with Crippen molar-refractivity contribution in [1.29, 1.82) is 0 Å². The van der Waals surface area contributed by atoms with Crippen molar-refractivity contribution in [2.24, 2.45) is 0 Å². The maximum absolute atomic E-state index is 8.91. The lowest BCUT2D eigenvalue weighted by Crippen LogP contribution is -2.05. The molecule has 0 aliphatic carbocycles. The van der Waals surface area contributed by atoms with Gasteiger partial charge in [-0.05, 0) is 12.2 Å². The first-order chi connectivity index (χ1) is 4.70. The molecule has 0 heterocycles. The Morgan fingerprint density at radius 3 is 2.60 bits per heavy atom. The third-order valence-corrected chi connectivity index (χ3v) is 0.997. The van der Waals surface area contributed by atoms with Crippen LogP contribution in [0.4, 0.5) is 0 Å². The second-order valence-electron chi connectivity index (χ2n) is 1.88. The van der Waals surface area contributed by atoms with E-state index in [4.69, 9.17) is 15.3 Å². The summed E-state index contributed by atoms with van der Waals surface area (Å²) < 4.78 is 0. The lowest BCUT2D eigenvalue weighted by atomic mass is 10.2. The van der Waals surface area contributed by atoms with Crippen molar-refractivity contribution >= 4 is 0 Å². The minimum Gasteiger partial charge on any atom is -0.508 e. The molecule has 3 nitrogen and oxygen atoms in total. The van der Waals surface area contributed by atoms with Crippen molar-refractivity contribution < 1.29 is 15.3 Å². The summed E-state index contributed by atoms with van der Waals surface area (Å²) in [6, 6.07) is 0. The molecule has 0 saturated heterocycles. The Balaban J connectivity index is 3.73. The van der Waals surface area contributed by atoms with Gasteiger partial charge in [-0.3, -0.25) is 0 Å². The molecule has 0 aliphatic rings. The molecule has 0 bridgehead atoms. The van der Waals surface area contributed by atoms with Gasteiger partial charge < -0.3 is 15.3 Å². The predicted molar refractivity (Wildman–Crippen MR) is 38.6 cm³/mol. The molecule has 58 valence electrons. The van der Waals surface area contributed by atoms with Crippen LogP contribution in [-0.4, -0.2) is 28.0 Å². The van der Waals surface area contributed by atoms with E-state index in [1.165, 1.54) is 12.2 Å². The zero-order chi connectivity index (χ0) is 7.98. The van der Waals surface area contributed by atoms with Gasteiger partial charge in [0.25, 0.3) is 0 Å². The molecule has 0 aromatic heterocycles. The fourth-order valence-corrected chi connectivity index (χ4v) is 0.481. The minimum absolute atomic E-state index is 0.0686. The van der Waals surface area contributed by atoms with E-state index in [-0.39, 0.29) is 18.8 Å². The molecule has 3 N–H and O–H groups in total. The maximum atomic E-state index is 8.91. The van der Waals surface area contributed by atoms with Crippen molar-refractivity contribution in [1.82, 2.24) is 0 Å². The third-order valence-electron chi connectivity index (χ3n) is 0.997. The van der Waals surface area contributed by atoms with Crippen LogP contribution < -0.4 is 0 Å². The number of allylic oxidation sites excluding steroid dienone is 1. The summed E-state index contributed by atoms with van der Waals surface area (Å²) in [5, 5.41) is 26.0. The van der Waals surface area contributed by atoms with Crippen molar-refractivity contribution in [3.8, 4) is 0 Å². The molecule has 0 spiro atoms. The zero-order valence-electron chi connectivity index (χ0n) is 5.70. The van der Waals surface area contributed by atoms with E-state index >= 15 is 0 Å². The summed E-state index contributed by atoms with van der Waals surface area (Å²) in [6.07, 6.45) is 1.89. The Bertz CT molecular complexity index is 129. The lowest BCUT2D eigenvalue weighted by Gasteiger charge is -2.01. The van der Waals surface area contributed by atoms with Crippen LogP contribution in [0.2, 0.25) is 0 Å². The number of aliphatic hydroxyl groups excluding tert-OH is 3. The Hall–Kier alpha value is -0.800. The molecule has 0 rings (SSSR count). The highest BCUT2D eigenvalue weighted by Gasteiger charge is 1.98. The van der Waals surface area contributed by atoms with E-state index in [0.29, 0.717) is 0 Å². The highest BCUT2D eigenvalue weighted by atomic mass is 16.3. The monoisotopic (exact) mass is 144 g/mol. The van der Waals surface area contributed by atoms with E-state index in [0.717, 1.165) is 0 Å². The van der Waals surface area contributed by atoms with Crippen molar-refractivity contribution in [2.75, 3.05) is 6.61 Å². The van der Waals surface area contributed by atoms with Crippen LogP contribution in [0.1, 0.15) is 6.42 Å². The van der Waals surface area contributed by atoms with Crippen molar-refractivity contribution in [3.05, 3.63) is 24.5 Å². The second-order valence-corrected chi connectivity index (χ2v) is 1.88. The Kier molecular flexibility index (Phi) is 4.62. The van der Waals surface area contributed by atoms with Gasteiger partial charge in [0.15, 0.2) is 0 Å². The minimum atomic E-state index is -0.789. The first-order valence-electron chi connectivity index (χ1n) is 3.03. The molecular formula is C7H12O3. The normalized spacial score (nSPS) is 14.8. The van der Waals surface area contributed by atoms with Gasteiger partial charge in [0.1, 0.15) is 5.76 Å². The summed E-state index contributed by atoms with van der Waals surface area (Å²) in [7, 11) is 0. The SMILES string of the molecule is C=C/C(O)=C\C(O)CCO. The lowest BCUT2D eigenvalue weighted by molar-refractivity contribution is 0.167. The van der Waals surface area contributed by atoms with Gasteiger partial charge in [-0.15, -0.1) is 0 Å². The van der Waals surface area contributed by atoms with Gasteiger partial charge in [-0.1, -0.05) is 6.58 Å². The fraction of sp³-hybridized carbons (Fsp3) is 0.429. The van der Waals surface area contributed by atoms with Gasteiger partial charge in [-0.2, -0.15) is 0 Å². The molecule has 0 radical (unpaired) electrons. The molecule has 0 aromatic rings. The second kappa shape index (κ2) is 5.02. The van der Waals surface area contributed by atoms with Gasteiger partial charge in [-0.25, -0.2) is 0 Å². The highest BCUT2D eigenvalue weighted by molar-refractivity contribution is 5.08. The molecule has 0 amide bonds. The van der Waals surface area contributed by atoms with Crippen LogP contribution in [0.25, 0.3) is 0 Å². The summed E-state index contributed by atoms with van der Waals surface area (Å²) in [5.74, 6) is -0.0686. The molecule has 0 aliphatic heterocycles. The molecule has 0 aromatic carbocycles. The Morgan fingerprint density at radius 1 is 1.60 bits per heavy atom.